The van der Waals surface area contributed by atoms with Crippen LogP contribution in [0.25, 0.3) is 0 Å². The van der Waals surface area contributed by atoms with Gasteiger partial charge in [0.1, 0.15) is 12.1 Å². The van der Waals surface area contributed by atoms with Gasteiger partial charge in [-0.05, 0) is 13.8 Å². The zero-order valence-electron chi connectivity index (χ0n) is 10.7. The molecule has 1 heterocycles. The first-order valence-corrected chi connectivity index (χ1v) is 5.66. The molecule has 1 aromatic heterocycles. The van der Waals surface area contributed by atoms with E-state index in [9.17, 15) is 9.59 Å². The van der Waals surface area contributed by atoms with Crippen LogP contribution in [0.15, 0.2) is 12.4 Å². The van der Waals surface area contributed by atoms with E-state index in [0.717, 1.165) is 0 Å². The summed E-state index contributed by atoms with van der Waals surface area (Å²) >= 11 is 0. The summed E-state index contributed by atoms with van der Waals surface area (Å²) in [7, 11) is 1.73. The van der Waals surface area contributed by atoms with E-state index < -0.39 is 24.0 Å². The summed E-state index contributed by atoms with van der Waals surface area (Å²) < 4.78 is 6.34. The number of ether oxygens (including phenoxy) is 1. The number of amides is 1. The van der Waals surface area contributed by atoms with Gasteiger partial charge in [0.05, 0.1) is 12.8 Å². The largest absolute Gasteiger partial charge is 0.464 e. The second kappa shape index (κ2) is 6.15. The molecule has 0 saturated carbocycles. The normalized spacial score (nSPS) is 13.8. The van der Waals surface area contributed by atoms with E-state index in [4.69, 9.17) is 10.5 Å². The van der Waals surface area contributed by atoms with Gasteiger partial charge in [0.2, 0.25) is 5.91 Å². The van der Waals surface area contributed by atoms with Crippen molar-refractivity contribution in [2.45, 2.75) is 25.9 Å². The van der Waals surface area contributed by atoms with E-state index in [-0.39, 0.29) is 6.61 Å². The Morgan fingerprint density at radius 2 is 2.28 bits per heavy atom. The Bertz CT molecular complexity index is 430. The summed E-state index contributed by atoms with van der Waals surface area (Å²) in [6.07, 6.45) is 3.17. The zero-order valence-corrected chi connectivity index (χ0v) is 10.7. The predicted molar refractivity (Wildman–Crippen MR) is 64.4 cm³/mol. The van der Waals surface area contributed by atoms with Gasteiger partial charge in [0, 0.05) is 18.8 Å². The smallest absolute Gasteiger partial charge is 0.328 e. The van der Waals surface area contributed by atoms with Crippen LogP contribution in [0.4, 0.5) is 0 Å². The predicted octanol–water partition coefficient (Wildman–Crippen LogP) is -0.512. The van der Waals surface area contributed by atoms with E-state index in [2.05, 4.69) is 10.4 Å². The maximum absolute atomic E-state index is 11.8. The standard InChI is InChI=1S/C11H18N4O3/c1-4-18-11(17)7(2)14-10(16)9(12)8-5-13-15(3)6-8/h5-7,9H,4,12H2,1-3H3,(H,14,16). The van der Waals surface area contributed by atoms with Crippen LogP contribution in [0.1, 0.15) is 25.5 Å². The van der Waals surface area contributed by atoms with E-state index in [1.807, 2.05) is 0 Å². The molecular formula is C11H18N4O3. The minimum absolute atomic E-state index is 0.272. The molecule has 2 atom stereocenters. The second-order valence-electron chi connectivity index (χ2n) is 3.91. The monoisotopic (exact) mass is 254 g/mol. The lowest BCUT2D eigenvalue weighted by atomic mass is 10.1. The fourth-order valence-electron chi connectivity index (χ4n) is 1.38. The third kappa shape index (κ3) is 3.56. The topological polar surface area (TPSA) is 99.2 Å². The van der Waals surface area contributed by atoms with Crippen molar-refractivity contribution in [3.63, 3.8) is 0 Å². The number of hydrogen-bond donors (Lipinski definition) is 2. The van der Waals surface area contributed by atoms with E-state index in [0.29, 0.717) is 5.56 Å². The van der Waals surface area contributed by atoms with Crippen LogP contribution in [-0.4, -0.2) is 34.3 Å². The van der Waals surface area contributed by atoms with Crippen molar-refractivity contribution in [2.24, 2.45) is 12.8 Å². The van der Waals surface area contributed by atoms with Crippen molar-refractivity contribution in [1.29, 1.82) is 0 Å². The molecule has 0 bridgehead atoms. The first-order valence-electron chi connectivity index (χ1n) is 5.66. The molecular weight excluding hydrogens is 236 g/mol. The molecule has 0 aromatic carbocycles. The summed E-state index contributed by atoms with van der Waals surface area (Å²) in [6, 6.07) is -1.57. The van der Waals surface area contributed by atoms with Gasteiger partial charge >= 0.3 is 5.97 Å². The van der Waals surface area contributed by atoms with Crippen LogP contribution in [0.5, 0.6) is 0 Å². The number of rotatable bonds is 5. The number of hydrogen-bond acceptors (Lipinski definition) is 5. The van der Waals surface area contributed by atoms with E-state index in [1.165, 1.54) is 6.20 Å². The van der Waals surface area contributed by atoms with Gasteiger partial charge in [-0.15, -0.1) is 0 Å². The molecule has 0 aliphatic carbocycles. The van der Waals surface area contributed by atoms with Gasteiger partial charge in [-0.2, -0.15) is 5.10 Å². The number of nitrogens with one attached hydrogen (secondary N) is 1. The quantitative estimate of drug-likeness (QED) is 0.689. The Morgan fingerprint density at radius 3 is 2.78 bits per heavy atom. The minimum Gasteiger partial charge on any atom is -0.464 e. The summed E-state index contributed by atoms with van der Waals surface area (Å²) in [5.74, 6) is -0.923. The van der Waals surface area contributed by atoms with Crippen LogP contribution in [0.3, 0.4) is 0 Å². The molecule has 0 fully saturated rings. The van der Waals surface area contributed by atoms with Gasteiger partial charge in [0.25, 0.3) is 0 Å². The Morgan fingerprint density at radius 1 is 1.61 bits per heavy atom. The molecule has 7 nitrogen and oxygen atoms in total. The molecule has 0 aliphatic rings. The minimum atomic E-state index is -0.851. The van der Waals surface area contributed by atoms with Crippen LogP contribution in [0, 0.1) is 0 Å². The Labute approximate surface area is 105 Å². The van der Waals surface area contributed by atoms with Crippen molar-refractivity contribution >= 4 is 11.9 Å². The lowest BCUT2D eigenvalue weighted by molar-refractivity contribution is -0.147. The summed E-state index contributed by atoms with van der Waals surface area (Å²) in [5.41, 5.74) is 6.35. The number of aryl methyl sites for hydroxylation is 1. The third-order valence-electron chi connectivity index (χ3n) is 2.37. The highest BCUT2D eigenvalue weighted by atomic mass is 16.5. The molecule has 0 saturated heterocycles. The van der Waals surface area contributed by atoms with Gasteiger partial charge < -0.3 is 15.8 Å². The molecule has 0 spiro atoms. The molecule has 1 aromatic rings. The third-order valence-corrected chi connectivity index (χ3v) is 2.37. The Kier molecular flexibility index (Phi) is 4.85. The van der Waals surface area contributed by atoms with Crippen LogP contribution >= 0.6 is 0 Å². The SMILES string of the molecule is CCOC(=O)C(C)NC(=O)C(N)c1cnn(C)c1. The first kappa shape index (κ1) is 14.2. The highest BCUT2D eigenvalue weighted by molar-refractivity contribution is 5.87. The number of nitrogens with zero attached hydrogens (tertiary/aromatic N) is 2. The van der Waals surface area contributed by atoms with E-state index >= 15 is 0 Å². The van der Waals surface area contributed by atoms with Crippen molar-refractivity contribution in [2.75, 3.05) is 6.61 Å². The highest BCUT2D eigenvalue weighted by Gasteiger charge is 2.22. The second-order valence-corrected chi connectivity index (χ2v) is 3.91. The Balaban J connectivity index is 2.57. The number of aromatic nitrogens is 2. The van der Waals surface area contributed by atoms with Gasteiger partial charge in [-0.1, -0.05) is 0 Å². The van der Waals surface area contributed by atoms with Gasteiger partial charge in [-0.25, -0.2) is 4.79 Å². The Hall–Kier alpha value is -1.89. The summed E-state index contributed by atoms with van der Waals surface area (Å²) in [4.78, 5) is 23.1. The maximum atomic E-state index is 11.8. The van der Waals surface area contributed by atoms with Crippen LogP contribution in [-0.2, 0) is 21.4 Å². The molecule has 7 heteroatoms. The summed E-state index contributed by atoms with van der Waals surface area (Å²) in [6.45, 7) is 3.52. The zero-order chi connectivity index (χ0) is 13.7. The van der Waals surface area contributed by atoms with Crippen molar-refractivity contribution in [3.8, 4) is 0 Å². The fourth-order valence-corrected chi connectivity index (χ4v) is 1.38. The number of carbonyl (C=O) groups is 2. The van der Waals surface area contributed by atoms with Gasteiger partial charge in [0.15, 0.2) is 0 Å². The maximum Gasteiger partial charge on any atom is 0.328 e. The molecule has 1 rings (SSSR count). The molecule has 100 valence electrons. The number of nitrogens with two attached hydrogens (primary N) is 1. The summed E-state index contributed by atoms with van der Waals surface area (Å²) in [5, 5.41) is 6.43. The first-order chi connectivity index (χ1) is 8.45. The average Bonchev–Trinajstić information content (AvgIpc) is 2.75. The lowest BCUT2D eigenvalue weighted by Crippen LogP contribution is -2.43. The van der Waals surface area contributed by atoms with Crippen LogP contribution < -0.4 is 11.1 Å². The molecule has 1 amide bonds. The molecule has 18 heavy (non-hydrogen) atoms. The molecule has 2 unspecified atom stereocenters. The van der Waals surface area contributed by atoms with Crippen molar-refractivity contribution in [3.05, 3.63) is 18.0 Å². The lowest BCUT2D eigenvalue weighted by Gasteiger charge is -2.15. The van der Waals surface area contributed by atoms with Crippen molar-refractivity contribution in [1.82, 2.24) is 15.1 Å². The molecule has 0 aliphatic heterocycles. The number of carbonyl (C=O) groups excluding carboxylic acids is 2. The van der Waals surface area contributed by atoms with Crippen molar-refractivity contribution < 1.29 is 14.3 Å². The van der Waals surface area contributed by atoms with Gasteiger partial charge in [-0.3, -0.25) is 9.48 Å². The molecule has 0 radical (unpaired) electrons. The van der Waals surface area contributed by atoms with Crippen LogP contribution in [0.2, 0.25) is 0 Å². The fraction of sp³-hybridized carbons (Fsp3) is 0.545. The van der Waals surface area contributed by atoms with E-state index in [1.54, 1.807) is 31.8 Å². The highest BCUT2D eigenvalue weighted by Crippen LogP contribution is 2.08. The number of esters is 1. The average molecular weight is 254 g/mol. The molecule has 3 N–H and O–H groups in total.